The largest absolute Gasteiger partial charge is 0.445 e. The molecule has 1 spiro atoms. The minimum Gasteiger partial charge on any atom is -0.445 e. The van der Waals surface area contributed by atoms with E-state index in [0.29, 0.717) is 50.2 Å². The highest BCUT2D eigenvalue weighted by Crippen LogP contribution is 2.34. The Morgan fingerprint density at radius 1 is 1.05 bits per heavy atom. The fourth-order valence-corrected chi connectivity index (χ4v) is 5.86. The molecule has 0 bridgehead atoms. The van der Waals surface area contributed by atoms with Crippen LogP contribution in [-0.2, 0) is 27.4 Å². The van der Waals surface area contributed by atoms with E-state index >= 15 is 0 Å². The number of piperazine rings is 1. The predicted molar refractivity (Wildman–Crippen MR) is 156 cm³/mol. The Morgan fingerprint density at radius 3 is 2.50 bits per heavy atom. The molecule has 216 valence electrons. The Balaban J connectivity index is 1.21. The van der Waals surface area contributed by atoms with Gasteiger partial charge in [0, 0.05) is 43.3 Å². The SMILES string of the molecule is CCCN1C(=O)C(CCCCNC(=O)OCc2ccccc2Cl)NC(=O)C12CCN(CCc1ccccc1)CC2. The number of benzene rings is 2. The van der Waals surface area contributed by atoms with Crippen LogP contribution in [0.25, 0.3) is 0 Å². The third kappa shape index (κ3) is 7.55. The lowest BCUT2D eigenvalue weighted by molar-refractivity contribution is -0.161. The zero-order valence-electron chi connectivity index (χ0n) is 23.4. The van der Waals surface area contributed by atoms with Gasteiger partial charge in [0.15, 0.2) is 0 Å². The van der Waals surface area contributed by atoms with Crippen LogP contribution >= 0.6 is 11.6 Å². The highest BCUT2D eigenvalue weighted by Gasteiger charge is 2.52. The molecule has 2 saturated heterocycles. The molecule has 9 heteroatoms. The van der Waals surface area contributed by atoms with Crippen LogP contribution in [0.15, 0.2) is 54.6 Å². The number of nitrogens with zero attached hydrogens (tertiary/aromatic N) is 2. The fraction of sp³-hybridized carbons (Fsp3) is 0.516. The molecule has 2 aromatic rings. The molecule has 0 aliphatic carbocycles. The molecule has 8 nitrogen and oxygen atoms in total. The van der Waals surface area contributed by atoms with Crippen LogP contribution in [-0.4, -0.2) is 72.0 Å². The standard InChI is InChI=1S/C31H41ClN4O4/c1-2-19-36-28(37)27(14-8-9-18-33-30(39)40-23-25-12-6-7-13-26(25)32)34-29(38)31(36)16-21-35(22-17-31)20-15-24-10-4-3-5-11-24/h3-7,10-13,27H,2,8-9,14-23H2,1H3,(H,33,39)(H,34,38). The Morgan fingerprint density at radius 2 is 1.77 bits per heavy atom. The summed E-state index contributed by atoms with van der Waals surface area (Å²) in [5.74, 6) is 0.000768. The first kappa shape index (κ1) is 29.9. The molecule has 2 aliphatic heterocycles. The molecule has 3 amide bonds. The van der Waals surface area contributed by atoms with Crippen molar-refractivity contribution in [2.45, 2.75) is 70.1 Å². The number of hydrogen-bond donors (Lipinski definition) is 2. The number of piperidine rings is 1. The topological polar surface area (TPSA) is 91.0 Å². The fourth-order valence-electron chi connectivity index (χ4n) is 5.67. The molecule has 40 heavy (non-hydrogen) atoms. The Hall–Kier alpha value is -3.10. The first-order chi connectivity index (χ1) is 19.4. The lowest BCUT2D eigenvalue weighted by atomic mass is 9.81. The predicted octanol–water partition coefficient (Wildman–Crippen LogP) is 4.55. The van der Waals surface area contributed by atoms with Crippen molar-refractivity contribution >= 4 is 29.5 Å². The van der Waals surface area contributed by atoms with E-state index < -0.39 is 17.7 Å². The van der Waals surface area contributed by atoms with Gasteiger partial charge in [-0.05, 0) is 56.6 Å². The summed E-state index contributed by atoms with van der Waals surface area (Å²) in [6.07, 6.45) is 4.52. The van der Waals surface area contributed by atoms with Crippen molar-refractivity contribution in [3.8, 4) is 0 Å². The van der Waals surface area contributed by atoms with Gasteiger partial charge >= 0.3 is 6.09 Å². The first-order valence-electron chi connectivity index (χ1n) is 14.5. The molecule has 0 aromatic heterocycles. The number of ether oxygens (including phenoxy) is 1. The van der Waals surface area contributed by atoms with E-state index in [4.69, 9.17) is 16.3 Å². The van der Waals surface area contributed by atoms with Crippen molar-refractivity contribution in [1.82, 2.24) is 20.4 Å². The second-order valence-corrected chi connectivity index (χ2v) is 11.1. The van der Waals surface area contributed by atoms with Crippen LogP contribution in [0.2, 0.25) is 5.02 Å². The normalized spacial score (nSPS) is 18.9. The maximum absolute atomic E-state index is 13.5. The van der Waals surface area contributed by atoms with Crippen molar-refractivity contribution in [3.05, 3.63) is 70.7 Å². The molecule has 1 atom stereocenters. The Labute approximate surface area is 242 Å². The summed E-state index contributed by atoms with van der Waals surface area (Å²) in [6.45, 7) is 5.73. The zero-order chi connectivity index (χ0) is 28.4. The third-order valence-electron chi connectivity index (χ3n) is 8.00. The average molecular weight is 569 g/mol. The van der Waals surface area contributed by atoms with Crippen LogP contribution < -0.4 is 10.6 Å². The summed E-state index contributed by atoms with van der Waals surface area (Å²) in [4.78, 5) is 43.3. The van der Waals surface area contributed by atoms with Gasteiger partial charge < -0.3 is 25.2 Å². The van der Waals surface area contributed by atoms with E-state index in [9.17, 15) is 14.4 Å². The lowest BCUT2D eigenvalue weighted by Gasteiger charge is -2.51. The number of unbranched alkanes of at least 4 members (excludes halogenated alkanes) is 1. The van der Waals surface area contributed by atoms with E-state index in [0.717, 1.165) is 38.0 Å². The van der Waals surface area contributed by atoms with Crippen LogP contribution in [0.5, 0.6) is 0 Å². The number of likely N-dealkylation sites (tertiary alicyclic amines) is 1. The minimum atomic E-state index is -0.750. The summed E-state index contributed by atoms with van der Waals surface area (Å²) in [5, 5.41) is 6.35. The number of hydrogen-bond acceptors (Lipinski definition) is 5. The Kier molecular flexibility index (Phi) is 10.8. The summed E-state index contributed by atoms with van der Waals surface area (Å²) in [6, 6.07) is 17.1. The Bertz CT molecular complexity index is 1140. The number of halogens is 1. The van der Waals surface area contributed by atoms with E-state index in [1.54, 1.807) is 6.07 Å². The van der Waals surface area contributed by atoms with E-state index in [1.165, 1.54) is 5.56 Å². The van der Waals surface area contributed by atoms with Crippen molar-refractivity contribution in [2.24, 2.45) is 0 Å². The molecule has 0 saturated carbocycles. The number of alkyl carbamates (subject to hydrolysis) is 1. The number of nitrogens with one attached hydrogen (secondary N) is 2. The summed E-state index contributed by atoms with van der Waals surface area (Å²) in [7, 11) is 0. The number of carbonyl (C=O) groups is 3. The maximum Gasteiger partial charge on any atom is 0.407 e. The smallest absolute Gasteiger partial charge is 0.407 e. The average Bonchev–Trinajstić information content (AvgIpc) is 2.97. The highest BCUT2D eigenvalue weighted by molar-refractivity contribution is 6.31. The van der Waals surface area contributed by atoms with Crippen molar-refractivity contribution in [1.29, 1.82) is 0 Å². The molecular weight excluding hydrogens is 528 g/mol. The molecule has 0 radical (unpaired) electrons. The summed E-state index contributed by atoms with van der Waals surface area (Å²) >= 11 is 6.09. The molecule has 2 N–H and O–H groups in total. The molecule has 2 fully saturated rings. The van der Waals surface area contributed by atoms with Crippen LogP contribution in [0, 0.1) is 0 Å². The maximum atomic E-state index is 13.5. The second-order valence-electron chi connectivity index (χ2n) is 10.7. The van der Waals surface area contributed by atoms with Gasteiger partial charge in [-0.15, -0.1) is 0 Å². The van der Waals surface area contributed by atoms with Crippen LogP contribution in [0.1, 0.15) is 56.6 Å². The van der Waals surface area contributed by atoms with Crippen molar-refractivity contribution in [2.75, 3.05) is 32.7 Å². The molecule has 1 unspecified atom stereocenters. The third-order valence-corrected chi connectivity index (χ3v) is 8.37. The van der Waals surface area contributed by atoms with Gasteiger partial charge in [0.1, 0.15) is 18.2 Å². The van der Waals surface area contributed by atoms with Gasteiger partial charge in [0.2, 0.25) is 11.8 Å². The van der Waals surface area contributed by atoms with Gasteiger partial charge in [-0.1, -0.05) is 67.1 Å². The summed E-state index contributed by atoms with van der Waals surface area (Å²) < 4.78 is 5.23. The van der Waals surface area contributed by atoms with Gasteiger partial charge in [-0.25, -0.2) is 4.79 Å². The molecular formula is C31H41ClN4O4. The number of rotatable bonds is 12. The van der Waals surface area contributed by atoms with Gasteiger partial charge in [-0.3, -0.25) is 9.59 Å². The van der Waals surface area contributed by atoms with E-state index in [1.807, 2.05) is 36.1 Å². The number of amides is 3. The molecule has 2 heterocycles. The van der Waals surface area contributed by atoms with Gasteiger partial charge in [0.05, 0.1) is 0 Å². The van der Waals surface area contributed by atoms with Crippen LogP contribution in [0.4, 0.5) is 4.79 Å². The zero-order valence-corrected chi connectivity index (χ0v) is 24.1. The van der Waals surface area contributed by atoms with E-state index in [2.05, 4.69) is 39.8 Å². The first-order valence-corrected chi connectivity index (χ1v) is 14.8. The molecule has 2 aromatic carbocycles. The van der Waals surface area contributed by atoms with Crippen molar-refractivity contribution < 1.29 is 19.1 Å². The van der Waals surface area contributed by atoms with Crippen molar-refractivity contribution in [3.63, 3.8) is 0 Å². The van der Waals surface area contributed by atoms with Gasteiger partial charge in [0.25, 0.3) is 0 Å². The molecule has 4 rings (SSSR count). The van der Waals surface area contributed by atoms with E-state index in [-0.39, 0.29) is 18.4 Å². The quantitative estimate of drug-likeness (QED) is 0.367. The number of carbonyl (C=O) groups excluding carboxylic acids is 3. The summed E-state index contributed by atoms with van der Waals surface area (Å²) in [5.41, 5.74) is 1.31. The minimum absolute atomic E-state index is 0.0189. The van der Waals surface area contributed by atoms with Gasteiger partial charge in [-0.2, -0.15) is 0 Å². The highest BCUT2D eigenvalue weighted by atomic mass is 35.5. The molecule has 2 aliphatic rings. The lowest BCUT2D eigenvalue weighted by Crippen LogP contribution is -2.72. The second kappa shape index (κ2) is 14.5. The van der Waals surface area contributed by atoms with Crippen LogP contribution in [0.3, 0.4) is 0 Å². The monoisotopic (exact) mass is 568 g/mol.